The van der Waals surface area contributed by atoms with Gasteiger partial charge in [0.05, 0.1) is 19.3 Å². The number of aromatic amines is 1. The van der Waals surface area contributed by atoms with Crippen LogP contribution in [0, 0.1) is 0 Å². The van der Waals surface area contributed by atoms with E-state index < -0.39 is 19.0 Å². The normalized spacial score (nSPS) is 19.6. The van der Waals surface area contributed by atoms with Crippen LogP contribution in [0.15, 0.2) is 48.9 Å². The highest BCUT2D eigenvalue weighted by molar-refractivity contribution is 5.99. The van der Waals surface area contributed by atoms with Crippen molar-refractivity contribution >= 4 is 22.6 Å². The Morgan fingerprint density at radius 3 is 2.82 bits per heavy atom. The molecule has 4 aromatic rings. The fourth-order valence-electron chi connectivity index (χ4n) is 4.88. The first kappa shape index (κ1) is 20.8. The number of amides is 1. The highest BCUT2D eigenvalue weighted by Gasteiger charge is 2.46. The largest absolute Gasteiger partial charge is 0.356 e. The smallest absolute Gasteiger partial charge is 0.282 e. The molecule has 5 heterocycles. The average molecular weight is 463 g/mol. The number of hydrogen-bond donors (Lipinski definition) is 1. The molecule has 0 aliphatic carbocycles. The maximum atomic E-state index is 13.2. The molecule has 1 aromatic carbocycles. The standard InChI is InChI=1S/C24H23F2N7O/c1-31-19-9-16(3-2-15(19)8-20(31)23(34)33-13-24(25,26)14-33)22-27-6-4-21(30-22)32-7-5-17(12-32)18-10-28-29-11-18/h2-4,6,8-11,17H,5,7,12-14H2,1H3,(H,28,29). The Hall–Kier alpha value is -3.82. The van der Waals surface area contributed by atoms with Gasteiger partial charge in [0.25, 0.3) is 11.8 Å². The van der Waals surface area contributed by atoms with Crippen LogP contribution in [0.1, 0.15) is 28.4 Å². The second kappa shape index (κ2) is 7.61. The van der Waals surface area contributed by atoms with Gasteiger partial charge in [0, 0.05) is 54.9 Å². The van der Waals surface area contributed by atoms with E-state index in [2.05, 4.69) is 20.1 Å². The Bertz CT molecular complexity index is 1370. The van der Waals surface area contributed by atoms with Gasteiger partial charge in [0.1, 0.15) is 11.5 Å². The number of aromatic nitrogens is 5. The van der Waals surface area contributed by atoms with Gasteiger partial charge < -0.3 is 14.4 Å². The van der Waals surface area contributed by atoms with Crippen LogP contribution in [0.25, 0.3) is 22.3 Å². The lowest BCUT2D eigenvalue weighted by atomic mass is 10.0. The van der Waals surface area contributed by atoms with Gasteiger partial charge in [-0.05, 0) is 30.2 Å². The quantitative estimate of drug-likeness (QED) is 0.501. The lowest BCUT2D eigenvalue weighted by Gasteiger charge is -2.38. The van der Waals surface area contributed by atoms with Crippen molar-refractivity contribution in [1.82, 2.24) is 29.6 Å². The van der Waals surface area contributed by atoms with Crippen LogP contribution in [-0.4, -0.2) is 67.6 Å². The summed E-state index contributed by atoms with van der Waals surface area (Å²) < 4.78 is 28.2. The molecule has 34 heavy (non-hydrogen) atoms. The zero-order chi connectivity index (χ0) is 23.4. The molecule has 1 unspecified atom stereocenters. The van der Waals surface area contributed by atoms with Crippen LogP contribution in [-0.2, 0) is 7.05 Å². The number of anilines is 1. The van der Waals surface area contributed by atoms with Crippen LogP contribution in [0.4, 0.5) is 14.6 Å². The number of hydrogen-bond acceptors (Lipinski definition) is 5. The summed E-state index contributed by atoms with van der Waals surface area (Å²) in [6.45, 7) is 0.715. The minimum Gasteiger partial charge on any atom is -0.356 e. The predicted molar refractivity (Wildman–Crippen MR) is 123 cm³/mol. The Balaban J connectivity index is 1.26. The summed E-state index contributed by atoms with van der Waals surface area (Å²) in [6.07, 6.45) is 6.62. The summed E-state index contributed by atoms with van der Waals surface area (Å²) in [6, 6.07) is 9.43. The first-order valence-electron chi connectivity index (χ1n) is 11.2. The molecular weight excluding hydrogens is 440 g/mol. The van der Waals surface area contributed by atoms with Crippen LogP contribution in [0.5, 0.6) is 0 Å². The van der Waals surface area contributed by atoms with Crippen LogP contribution in [0.3, 0.4) is 0 Å². The van der Waals surface area contributed by atoms with Crippen LogP contribution >= 0.6 is 0 Å². The van der Waals surface area contributed by atoms with E-state index in [0.717, 1.165) is 41.8 Å². The van der Waals surface area contributed by atoms with Crippen molar-refractivity contribution in [2.75, 3.05) is 31.1 Å². The molecule has 2 aliphatic heterocycles. The number of H-pyrrole nitrogens is 1. The van der Waals surface area contributed by atoms with Crippen molar-refractivity contribution in [3.8, 4) is 11.4 Å². The van der Waals surface area contributed by atoms with Gasteiger partial charge in [0.15, 0.2) is 5.82 Å². The Morgan fingerprint density at radius 1 is 1.21 bits per heavy atom. The van der Waals surface area contributed by atoms with Gasteiger partial charge in [0.2, 0.25) is 0 Å². The maximum Gasteiger partial charge on any atom is 0.282 e. The highest BCUT2D eigenvalue weighted by atomic mass is 19.3. The van der Waals surface area contributed by atoms with Gasteiger partial charge in [-0.3, -0.25) is 9.89 Å². The van der Waals surface area contributed by atoms with E-state index in [-0.39, 0.29) is 5.91 Å². The van der Waals surface area contributed by atoms with Gasteiger partial charge in [-0.2, -0.15) is 5.10 Å². The van der Waals surface area contributed by atoms with Crippen molar-refractivity contribution in [1.29, 1.82) is 0 Å². The molecule has 0 bridgehead atoms. The van der Waals surface area contributed by atoms with E-state index in [1.54, 1.807) is 23.9 Å². The van der Waals surface area contributed by atoms with Crippen molar-refractivity contribution in [3.05, 3.63) is 60.2 Å². The highest BCUT2D eigenvalue weighted by Crippen LogP contribution is 2.32. The molecule has 10 heteroatoms. The van der Waals surface area contributed by atoms with Gasteiger partial charge in [-0.25, -0.2) is 18.7 Å². The minimum absolute atomic E-state index is 0.384. The molecule has 0 spiro atoms. The maximum absolute atomic E-state index is 13.2. The summed E-state index contributed by atoms with van der Waals surface area (Å²) >= 11 is 0. The predicted octanol–water partition coefficient (Wildman–Crippen LogP) is 3.44. The fraction of sp³-hybridized carbons (Fsp3) is 0.333. The van der Waals surface area contributed by atoms with Crippen molar-refractivity contribution in [3.63, 3.8) is 0 Å². The molecule has 3 aromatic heterocycles. The number of fused-ring (bicyclic) bond motifs is 1. The number of nitrogens with zero attached hydrogens (tertiary/aromatic N) is 6. The average Bonchev–Trinajstić information content (AvgIpc) is 3.57. The van der Waals surface area contributed by atoms with Gasteiger partial charge >= 0.3 is 0 Å². The number of rotatable bonds is 4. The van der Waals surface area contributed by atoms with Crippen molar-refractivity contribution < 1.29 is 13.6 Å². The lowest BCUT2D eigenvalue weighted by molar-refractivity contribution is -0.113. The van der Waals surface area contributed by atoms with Crippen molar-refractivity contribution in [2.24, 2.45) is 7.05 Å². The third kappa shape index (κ3) is 3.49. The second-order valence-corrected chi connectivity index (χ2v) is 9.08. The fourth-order valence-corrected chi connectivity index (χ4v) is 4.88. The molecule has 2 saturated heterocycles. The third-order valence-corrected chi connectivity index (χ3v) is 6.80. The van der Waals surface area contributed by atoms with Crippen LogP contribution in [0.2, 0.25) is 0 Å². The van der Waals surface area contributed by atoms with E-state index in [4.69, 9.17) is 4.98 Å². The Morgan fingerprint density at radius 2 is 2.06 bits per heavy atom. The van der Waals surface area contributed by atoms with E-state index >= 15 is 0 Å². The molecule has 0 saturated carbocycles. The molecule has 0 radical (unpaired) electrons. The molecule has 6 rings (SSSR count). The van der Waals surface area contributed by atoms with Crippen LogP contribution < -0.4 is 4.90 Å². The van der Waals surface area contributed by atoms with E-state index in [1.807, 2.05) is 36.7 Å². The third-order valence-electron chi connectivity index (χ3n) is 6.80. The Kier molecular flexibility index (Phi) is 4.65. The monoisotopic (exact) mass is 463 g/mol. The number of nitrogens with one attached hydrogen (secondary N) is 1. The SMILES string of the molecule is Cn1c(C(=O)N2CC(F)(F)C2)cc2ccc(-c3nccc(N4CCC(c5cn[nH]c5)C4)n3)cc21. The Labute approximate surface area is 194 Å². The second-order valence-electron chi connectivity index (χ2n) is 9.08. The summed E-state index contributed by atoms with van der Waals surface area (Å²) in [4.78, 5) is 25.4. The number of likely N-dealkylation sites (tertiary alicyclic amines) is 1. The number of carbonyl (C=O) groups excluding carboxylic acids is 1. The van der Waals surface area contributed by atoms with E-state index in [9.17, 15) is 13.6 Å². The first-order chi connectivity index (χ1) is 16.4. The summed E-state index contributed by atoms with van der Waals surface area (Å²) in [5.74, 6) is -1.28. The van der Waals surface area contributed by atoms with Crippen molar-refractivity contribution in [2.45, 2.75) is 18.3 Å². The first-order valence-corrected chi connectivity index (χ1v) is 11.2. The minimum atomic E-state index is -2.79. The van der Waals surface area contributed by atoms with Gasteiger partial charge in [-0.1, -0.05) is 12.1 Å². The number of alkyl halides is 2. The molecule has 174 valence electrons. The summed E-state index contributed by atoms with van der Waals surface area (Å²) in [7, 11) is 1.77. The number of carbonyl (C=O) groups is 1. The number of benzene rings is 1. The topological polar surface area (TPSA) is 82.9 Å². The molecule has 1 N–H and O–H groups in total. The molecule has 2 aliphatic rings. The molecule has 2 fully saturated rings. The zero-order valence-corrected chi connectivity index (χ0v) is 18.6. The molecular formula is C24H23F2N7O. The molecule has 1 atom stereocenters. The number of aryl methyl sites for hydroxylation is 1. The summed E-state index contributed by atoms with van der Waals surface area (Å²) in [5.41, 5.74) is 3.25. The number of halogens is 2. The molecule has 1 amide bonds. The summed E-state index contributed by atoms with van der Waals surface area (Å²) in [5, 5.41) is 7.80. The van der Waals surface area contributed by atoms with E-state index in [1.165, 1.54) is 10.5 Å². The van der Waals surface area contributed by atoms with E-state index in [0.29, 0.717) is 17.4 Å². The zero-order valence-electron chi connectivity index (χ0n) is 18.6. The lowest BCUT2D eigenvalue weighted by Crippen LogP contribution is -2.58. The van der Waals surface area contributed by atoms with Gasteiger partial charge in [-0.15, -0.1) is 0 Å². The molecule has 8 nitrogen and oxygen atoms in total.